The van der Waals surface area contributed by atoms with Gasteiger partial charge in [-0.3, -0.25) is 4.90 Å². The van der Waals surface area contributed by atoms with E-state index < -0.39 is 0 Å². The number of piperazine rings is 1. The molecular weight excluding hydrogens is 264 g/mol. The summed E-state index contributed by atoms with van der Waals surface area (Å²) in [6.45, 7) is 6.47. The van der Waals surface area contributed by atoms with Crippen LogP contribution >= 0.6 is 0 Å². The van der Waals surface area contributed by atoms with E-state index in [4.69, 9.17) is 4.74 Å². The molecule has 3 aliphatic rings. The second kappa shape index (κ2) is 7.40. The summed E-state index contributed by atoms with van der Waals surface area (Å²) in [6.07, 6.45) is 6.75. The van der Waals surface area contributed by atoms with Crippen molar-refractivity contribution in [3.8, 4) is 0 Å². The lowest BCUT2D eigenvalue weighted by Gasteiger charge is -2.33. The largest absolute Gasteiger partial charge is 0.389 e. The zero-order valence-electron chi connectivity index (χ0n) is 13.5. The van der Waals surface area contributed by atoms with E-state index in [0.29, 0.717) is 6.61 Å². The van der Waals surface area contributed by atoms with Gasteiger partial charge in [-0.2, -0.15) is 0 Å². The zero-order chi connectivity index (χ0) is 14.7. The monoisotopic (exact) mass is 296 g/mol. The fourth-order valence-electron chi connectivity index (χ4n) is 4.57. The Balaban J connectivity index is 1.24. The molecule has 0 radical (unpaired) electrons. The first-order valence-electron chi connectivity index (χ1n) is 8.87. The summed E-state index contributed by atoms with van der Waals surface area (Å²) in [5, 5.41) is 10.1. The minimum Gasteiger partial charge on any atom is -0.389 e. The molecule has 4 unspecified atom stereocenters. The van der Waals surface area contributed by atoms with Crippen molar-refractivity contribution >= 4 is 0 Å². The smallest absolute Gasteiger partial charge is 0.0900 e. The molecule has 21 heavy (non-hydrogen) atoms. The number of aliphatic hydroxyl groups excluding tert-OH is 1. The average molecular weight is 296 g/mol. The summed E-state index contributed by atoms with van der Waals surface area (Å²) in [6, 6.07) is 0. The highest BCUT2D eigenvalue weighted by atomic mass is 16.5. The van der Waals surface area contributed by atoms with E-state index in [1.54, 1.807) is 0 Å². The first-order chi connectivity index (χ1) is 10.2. The van der Waals surface area contributed by atoms with Gasteiger partial charge in [0.05, 0.1) is 12.7 Å². The molecular formula is C17H32N2O2. The van der Waals surface area contributed by atoms with Gasteiger partial charge in [-0.1, -0.05) is 6.42 Å². The highest BCUT2D eigenvalue weighted by Crippen LogP contribution is 2.49. The summed E-state index contributed by atoms with van der Waals surface area (Å²) in [5.74, 6) is 2.94. The van der Waals surface area contributed by atoms with Crippen LogP contribution in [0.2, 0.25) is 0 Å². The van der Waals surface area contributed by atoms with Crippen LogP contribution in [0.1, 0.15) is 32.1 Å². The van der Waals surface area contributed by atoms with Gasteiger partial charge in [0, 0.05) is 39.3 Å². The maximum atomic E-state index is 10.1. The molecule has 1 aliphatic heterocycles. The van der Waals surface area contributed by atoms with E-state index in [1.165, 1.54) is 32.1 Å². The summed E-state index contributed by atoms with van der Waals surface area (Å²) < 4.78 is 5.74. The lowest BCUT2D eigenvalue weighted by atomic mass is 9.87. The molecule has 0 amide bonds. The molecule has 4 heteroatoms. The maximum Gasteiger partial charge on any atom is 0.0900 e. The second-order valence-corrected chi connectivity index (χ2v) is 7.56. The van der Waals surface area contributed by atoms with Crippen LogP contribution in [-0.2, 0) is 4.74 Å². The Kier molecular flexibility index (Phi) is 5.54. The quantitative estimate of drug-likeness (QED) is 0.721. The molecule has 2 bridgehead atoms. The molecule has 1 heterocycles. The van der Waals surface area contributed by atoms with Gasteiger partial charge in [0.15, 0.2) is 0 Å². The van der Waals surface area contributed by atoms with Crippen LogP contribution in [0.3, 0.4) is 0 Å². The topological polar surface area (TPSA) is 35.9 Å². The number of β-amino-alcohol motifs (C(OH)–C–C–N with tert-alkyl or cyclic N) is 1. The Morgan fingerprint density at radius 3 is 2.62 bits per heavy atom. The van der Waals surface area contributed by atoms with E-state index >= 15 is 0 Å². The van der Waals surface area contributed by atoms with Gasteiger partial charge in [-0.25, -0.2) is 0 Å². The molecule has 4 nitrogen and oxygen atoms in total. The van der Waals surface area contributed by atoms with Crippen molar-refractivity contribution in [2.75, 3.05) is 53.0 Å². The average Bonchev–Trinajstić information content (AvgIpc) is 3.09. The van der Waals surface area contributed by atoms with Gasteiger partial charge < -0.3 is 14.7 Å². The van der Waals surface area contributed by atoms with Crippen molar-refractivity contribution in [3.05, 3.63) is 0 Å². The highest BCUT2D eigenvalue weighted by Gasteiger charge is 2.38. The predicted octanol–water partition coefficient (Wildman–Crippen LogP) is 1.44. The molecule has 1 saturated heterocycles. The fourth-order valence-corrected chi connectivity index (χ4v) is 4.57. The molecule has 4 atom stereocenters. The van der Waals surface area contributed by atoms with Crippen LogP contribution < -0.4 is 0 Å². The third kappa shape index (κ3) is 4.41. The number of likely N-dealkylation sites (N-methyl/N-ethyl adjacent to an activating group) is 1. The minimum absolute atomic E-state index is 0.326. The Morgan fingerprint density at radius 1 is 1.14 bits per heavy atom. The molecule has 0 aromatic heterocycles. The van der Waals surface area contributed by atoms with Gasteiger partial charge in [0.25, 0.3) is 0 Å². The summed E-state index contributed by atoms with van der Waals surface area (Å²) in [7, 11) is 2.16. The van der Waals surface area contributed by atoms with Crippen LogP contribution in [-0.4, -0.2) is 74.0 Å². The first-order valence-corrected chi connectivity index (χ1v) is 8.87. The van der Waals surface area contributed by atoms with Crippen molar-refractivity contribution in [1.29, 1.82) is 0 Å². The Hall–Kier alpha value is -0.160. The predicted molar refractivity (Wildman–Crippen MR) is 84.3 cm³/mol. The summed E-state index contributed by atoms with van der Waals surface area (Å²) in [5.41, 5.74) is 0. The second-order valence-electron chi connectivity index (χ2n) is 7.56. The number of ether oxygens (including phenoxy) is 1. The van der Waals surface area contributed by atoms with E-state index in [-0.39, 0.29) is 6.10 Å². The van der Waals surface area contributed by atoms with Crippen LogP contribution in [0.25, 0.3) is 0 Å². The lowest BCUT2D eigenvalue weighted by Crippen LogP contribution is -2.47. The number of fused-ring (bicyclic) bond motifs is 2. The molecule has 0 aromatic rings. The van der Waals surface area contributed by atoms with E-state index in [0.717, 1.165) is 57.1 Å². The van der Waals surface area contributed by atoms with Crippen molar-refractivity contribution in [1.82, 2.24) is 9.80 Å². The van der Waals surface area contributed by atoms with Crippen molar-refractivity contribution in [3.63, 3.8) is 0 Å². The number of rotatable bonds is 7. The van der Waals surface area contributed by atoms with Gasteiger partial charge >= 0.3 is 0 Å². The maximum absolute atomic E-state index is 10.1. The number of hydrogen-bond acceptors (Lipinski definition) is 4. The highest BCUT2D eigenvalue weighted by molar-refractivity contribution is 4.89. The SMILES string of the molecule is CN1CCN(CC(O)COCCC2CC3CCC2C3)CC1. The molecule has 2 aliphatic carbocycles. The van der Waals surface area contributed by atoms with Crippen LogP contribution in [0.5, 0.6) is 0 Å². The first kappa shape index (κ1) is 15.7. The van der Waals surface area contributed by atoms with Gasteiger partial charge in [0.2, 0.25) is 0 Å². The van der Waals surface area contributed by atoms with Crippen molar-refractivity contribution in [2.24, 2.45) is 17.8 Å². The fraction of sp³-hybridized carbons (Fsp3) is 1.00. The Morgan fingerprint density at radius 2 is 1.95 bits per heavy atom. The normalized spacial score (nSPS) is 35.4. The van der Waals surface area contributed by atoms with Gasteiger partial charge in [0.1, 0.15) is 0 Å². The molecule has 3 fully saturated rings. The molecule has 2 saturated carbocycles. The summed E-state index contributed by atoms with van der Waals surface area (Å²) >= 11 is 0. The third-order valence-electron chi connectivity index (χ3n) is 5.89. The molecule has 122 valence electrons. The summed E-state index contributed by atoms with van der Waals surface area (Å²) in [4.78, 5) is 4.69. The van der Waals surface area contributed by atoms with E-state index in [9.17, 15) is 5.11 Å². The Labute approximate surface area is 129 Å². The van der Waals surface area contributed by atoms with Crippen LogP contribution in [0.15, 0.2) is 0 Å². The molecule has 3 rings (SSSR count). The zero-order valence-corrected chi connectivity index (χ0v) is 13.5. The Bertz CT molecular complexity index is 318. The lowest BCUT2D eigenvalue weighted by molar-refractivity contribution is 0.00395. The van der Waals surface area contributed by atoms with Gasteiger partial charge in [-0.05, 0) is 50.5 Å². The van der Waals surface area contributed by atoms with Crippen LogP contribution in [0.4, 0.5) is 0 Å². The van der Waals surface area contributed by atoms with E-state index in [1.807, 2.05) is 0 Å². The van der Waals surface area contributed by atoms with E-state index in [2.05, 4.69) is 16.8 Å². The number of aliphatic hydroxyl groups is 1. The van der Waals surface area contributed by atoms with Crippen molar-refractivity contribution in [2.45, 2.75) is 38.2 Å². The number of nitrogens with zero attached hydrogens (tertiary/aromatic N) is 2. The van der Waals surface area contributed by atoms with Crippen molar-refractivity contribution < 1.29 is 9.84 Å². The van der Waals surface area contributed by atoms with Crippen LogP contribution in [0, 0.1) is 17.8 Å². The number of hydrogen-bond donors (Lipinski definition) is 1. The molecule has 0 spiro atoms. The third-order valence-corrected chi connectivity index (χ3v) is 5.89. The molecule has 1 N–H and O–H groups in total. The standard InChI is InChI=1S/C17H32N2O2/c1-18-5-7-19(8-6-18)12-17(20)13-21-9-4-16-11-14-2-3-15(16)10-14/h14-17,20H,2-13H2,1H3. The minimum atomic E-state index is -0.326. The van der Waals surface area contributed by atoms with Gasteiger partial charge in [-0.15, -0.1) is 0 Å². The molecule has 0 aromatic carbocycles.